The molecule has 1 aromatic carbocycles. The Labute approximate surface area is 118 Å². The van der Waals surface area contributed by atoms with Crippen LogP contribution in [0, 0.1) is 18.3 Å². The van der Waals surface area contributed by atoms with Crippen LogP contribution in [0.25, 0.3) is 0 Å². The zero-order chi connectivity index (χ0) is 14.4. The summed E-state index contributed by atoms with van der Waals surface area (Å²) in [6.45, 7) is 4.72. The number of ether oxygens (including phenoxy) is 1. The van der Waals surface area contributed by atoms with Gasteiger partial charge in [0, 0.05) is 6.54 Å². The summed E-state index contributed by atoms with van der Waals surface area (Å²) < 4.78 is 5.76. The normalized spacial score (nSPS) is 9.85. The minimum atomic E-state index is 0.400. The molecule has 0 fully saturated rings. The fourth-order valence-electron chi connectivity index (χ4n) is 1.76. The Hall–Kier alpha value is -2.61. The van der Waals surface area contributed by atoms with E-state index in [4.69, 9.17) is 10.00 Å². The Bertz CT molecular complexity index is 617. The summed E-state index contributed by atoms with van der Waals surface area (Å²) in [5, 5.41) is 11.8. The quantitative estimate of drug-likeness (QED) is 0.902. The fraction of sp³-hybridized carbons (Fsp3) is 0.267. The largest absolute Gasteiger partial charge is 0.439 e. The van der Waals surface area contributed by atoms with Crippen molar-refractivity contribution in [3.05, 3.63) is 41.7 Å². The summed E-state index contributed by atoms with van der Waals surface area (Å²) in [5.41, 5.74) is 1.84. The van der Waals surface area contributed by atoms with Crippen LogP contribution in [0.2, 0.25) is 0 Å². The topological polar surface area (TPSA) is 70.8 Å². The second-order valence-corrected chi connectivity index (χ2v) is 4.26. The van der Waals surface area contributed by atoms with Crippen LogP contribution < -0.4 is 10.1 Å². The summed E-state index contributed by atoms with van der Waals surface area (Å²) >= 11 is 0. The van der Waals surface area contributed by atoms with E-state index in [1.807, 2.05) is 38.1 Å². The first kappa shape index (κ1) is 13.8. The van der Waals surface area contributed by atoms with E-state index in [1.165, 1.54) is 6.33 Å². The van der Waals surface area contributed by atoms with E-state index < -0.39 is 0 Å². The molecule has 0 saturated carbocycles. The molecule has 0 radical (unpaired) electrons. The Balaban J connectivity index is 2.17. The molecule has 1 aromatic heterocycles. The van der Waals surface area contributed by atoms with E-state index in [-0.39, 0.29) is 0 Å². The van der Waals surface area contributed by atoms with Gasteiger partial charge in [-0.15, -0.1) is 0 Å². The summed E-state index contributed by atoms with van der Waals surface area (Å²) in [6.07, 6.45) is 1.88. The SMILES string of the molecule is CCNc1ncnc(Oc2ccc(CC#N)cc2)c1C. The molecule has 0 spiro atoms. The number of nitrogens with zero attached hydrogens (tertiary/aromatic N) is 3. The van der Waals surface area contributed by atoms with E-state index >= 15 is 0 Å². The van der Waals surface area contributed by atoms with Crippen molar-refractivity contribution in [3.8, 4) is 17.7 Å². The van der Waals surface area contributed by atoms with Gasteiger partial charge in [-0.1, -0.05) is 12.1 Å². The second kappa shape index (κ2) is 6.53. The number of anilines is 1. The molecule has 1 heterocycles. The molecular formula is C15H16N4O. The van der Waals surface area contributed by atoms with Crippen LogP contribution in [0.5, 0.6) is 11.6 Å². The van der Waals surface area contributed by atoms with Crippen molar-refractivity contribution in [2.45, 2.75) is 20.3 Å². The van der Waals surface area contributed by atoms with Gasteiger partial charge in [0.15, 0.2) is 0 Å². The van der Waals surface area contributed by atoms with E-state index in [9.17, 15) is 0 Å². The lowest BCUT2D eigenvalue weighted by molar-refractivity contribution is 0.457. The third kappa shape index (κ3) is 3.23. The van der Waals surface area contributed by atoms with Crippen LogP contribution in [0.3, 0.4) is 0 Å². The molecule has 0 bridgehead atoms. The lowest BCUT2D eigenvalue weighted by Gasteiger charge is -2.11. The lowest BCUT2D eigenvalue weighted by Crippen LogP contribution is -2.03. The molecule has 5 nitrogen and oxygen atoms in total. The van der Waals surface area contributed by atoms with E-state index in [0.717, 1.165) is 23.5 Å². The lowest BCUT2D eigenvalue weighted by atomic mass is 10.2. The molecule has 0 aliphatic carbocycles. The number of hydrogen-bond acceptors (Lipinski definition) is 5. The molecular weight excluding hydrogens is 252 g/mol. The summed E-state index contributed by atoms with van der Waals surface area (Å²) in [6, 6.07) is 9.53. The van der Waals surface area contributed by atoms with Gasteiger partial charge < -0.3 is 10.1 Å². The maximum atomic E-state index is 8.64. The molecule has 0 aliphatic heterocycles. The molecule has 0 amide bonds. The maximum absolute atomic E-state index is 8.64. The molecule has 0 saturated heterocycles. The van der Waals surface area contributed by atoms with E-state index in [1.54, 1.807) is 0 Å². The fourth-order valence-corrected chi connectivity index (χ4v) is 1.76. The molecule has 0 aliphatic rings. The van der Waals surface area contributed by atoms with Crippen molar-refractivity contribution >= 4 is 5.82 Å². The summed E-state index contributed by atoms with van der Waals surface area (Å²) in [4.78, 5) is 8.32. The average Bonchev–Trinajstić information content (AvgIpc) is 2.46. The molecule has 0 atom stereocenters. The molecule has 2 aromatic rings. The highest BCUT2D eigenvalue weighted by Crippen LogP contribution is 2.26. The van der Waals surface area contributed by atoms with Gasteiger partial charge in [0.25, 0.3) is 0 Å². The minimum Gasteiger partial charge on any atom is -0.439 e. The number of hydrogen-bond donors (Lipinski definition) is 1. The maximum Gasteiger partial charge on any atom is 0.227 e. The Morgan fingerprint density at radius 2 is 2.00 bits per heavy atom. The van der Waals surface area contributed by atoms with Crippen molar-refractivity contribution in [1.29, 1.82) is 5.26 Å². The predicted molar refractivity (Wildman–Crippen MR) is 76.8 cm³/mol. The van der Waals surface area contributed by atoms with Crippen LogP contribution >= 0.6 is 0 Å². The van der Waals surface area contributed by atoms with Crippen LogP contribution in [0.4, 0.5) is 5.82 Å². The first-order chi connectivity index (χ1) is 9.74. The summed E-state index contributed by atoms with van der Waals surface area (Å²) in [7, 11) is 0. The zero-order valence-corrected chi connectivity index (χ0v) is 11.6. The smallest absolute Gasteiger partial charge is 0.227 e. The van der Waals surface area contributed by atoms with Crippen LogP contribution in [0.15, 0.2) is 30.6 Å². The van der Waals surface area contributed by atoms with Crippen molar-refractivity contribution in [2.75, 3.05) is 11.9 Å². The van der Waals surface area contributed by atoms with Crippen molar-refractivity contribution in [1.82, 2.24) is 9.97 Å². The third-order valence-corrected chi connectivity index (χ3v) is 2.80. The van der Waals surface area contributed by atoms with E-state index in [0.29, 0.717) is 18.1 Å². The molecule has 5 heteroatoms. The monoisotopic (exact) mass is 268 g/mol. The molecule has 0 unspecified atom stereocenters. The van der Waals surface area contributed by atoms with Gasteiger partial charge in [-0.3, -0.25) is 0 Å². The van der Waals surface area contributed by atoms with Gasteiger partial charge in [0.05, 0.1) is 18.1 Å². The second-order valence-electron chi connectivity index (χ2n) is 4.26. The van der Waals surface area contributed by atoms with Crippen LogP contribution in [-0.2, 0) is 6.42 Å². The number of nitrogens with one attached hydrogen (secondary N) is 1. The molecule has 102 valence electrons. The number of nitriles is 1. The highest BCUT2D eigenvalue weighted by molar-refractivity contribution is 5.48. The van der Waals surface area contributed by atoms with Gasteiger partial charge in [-0.25, -0.2) is 9.97 Å². The van der Waals surface area contributed by atoms with Gasteiger partial charge >= 0.3 is 0 Å². The first-order valence-electron chi connectivity index (χ1n) is 6.43. The van der Waals surface area contributed by atoms with Crippen LogP contribution in [-0.4, -0.2) is 16.5 Å². The van der Waals surface area contributed by atoms with Gasteiger partial charge in [-0.05, 0) is 31.5 Å². The van der Waals surface area contributed by atoms with Crippen molar-refractivity contribution in [2.24, 2.45) is 0 Å². The number of benzene rings is 1. The molecule has 1 N–H and O–H groups in total. The van der Waals surface area contributed by atoms with Gasteiger partial charge in [-0.2, -0.15) is 5.26 Å². The standard InChI is InChI=1S/C15H16N4O/c1-3-17-14-11(2)15(19-10-18-14)20-13-6-4-12(5-7-13)8-9-16/h4-7,10H,3,8H2,1-2H3,(H,17,18,19). The highest BCUT2D eigenvalue weighted by atomic mass is 16.5. The van der Waals surface area contributed by atoms with E-state index in [2.05, 4.69) is 21.4 Å². The van der Waals surface area contributed by atoms with Crippen molar-refractivity contribution < 1.29 is 4.74 Å². The van der Waals surface area contributed by atoms with Gasteiger partial charge in [0.2, 0.25) is 5.88 Å². The van der Waals surface area contributed by atoms with Crippen molar-refractivity contribution in [3.63, 3.8) is 0 Å². The highest BCUT2D eigenvalue weighted by Gasteiger charge is 2.08. The predicted octanol–water partition coefficient (Wildman–Crippen LogP) is 3.08. The Kier molecular flexibility index (Phi) is 4.51. The summed E-state index contributed by atoms with van der Waals surface area (Å²) in [5.74, 6) is 2.00. The Morgan fingerprint density at radius 1 is 1.25 bits per heavy atom. The average molecular weight is 268 g/mol. The third-order valence-electron chi connectivity index (χ3n) is 2.80. The first-order valence-corrected chi connectivity index (χ1v) is 6.43. The zero-order valence-electron chi connectivity index (χ0n) is 11.6. The van der Waals surface area contributed by atoms with Crippen LogP contribution in [0.1, 0.15) is 18.1 Å². The van der Waals surface area contributed by atoms with Gasteiger partial charge in [0.1, 0.15) is 17.9 Å². The Morgan fingerprint density at radius 3 is 2.65 bits per heavy atom. The minimum absolute atomic E-state index is 0.400. The number of aromatic nitrogens is 2. The molecule has 2 rings (SSSR count). The molecule has 20 heavy (non-hydrogen) atoms. The number of rotatable bonds is 5.